The molecule has 2 aliphatic heterocycles. The number of ether oxygens (including phenoxy) is 1. The summed E-state index contributed by atoms with van der Waals surface area (Å²) in [6.45, 7) is 3.61. The van der Waals surface area contributed by atoms with Crippen molar-refractivity contribution < 1.29 is 18.3 Å². The summed E-state index contributed by atoms with van der Waals surface area (Å²) in [5, 5.41) is 3.46. The van der Waals surface area contributed by atoms with Crippen LogP contribution in [0, 0.1) is 11.8 Å². The van der Waals surface area contributed by atoms with Gasteiger partial charge < -0.3 is 10.1 Å². The van der Waals surface area contributed by atoms with Gasteiger partial charge >= 0.3 is 0 Å². The van der Waals surface area contributed by atoms with Crippen molar-refractivity contribution in [2.45, 2.75) is 19.4 Å². The van der Waals surface area contributed by atoms with Crippen LogP contribution >= 0.6 is 0 Å². The first kappa shape index (κ1) is 17.6. The minimum atomic E-state index is -0.879. The van der Waals surface area contributed by atoms with Gasteiger partial charge in [-0.2, -0.15) is 4.39 Å². The summed E-state index contributed by atoms with van der Waals surface area (Å²) in [5.41, 5.74) is 1.83. The van der Waals surface area contributed by atoms with E-state index in [0.29, 0.717) is 39.2 Å². The zero-order chi connectivity index (χ0) is 20.3. The summed E-state index contributed by atoms with van der Waals surface area (Å²) in [4.78, 5) is 16.6. The van der Waals surface area contributed by atoms with Gasteiger partial charge in [0.1, 0.15) is 17.2 Å². The van der Waals surface area contributed by atoms with Gasteiger partial charge in [-0.05, 0) is 50.3 Å². The maximum Gasteiger partial charge on any atom is 0.260 e. The first-order chi connectivity index (χ1) is 13.8. The number of carbonyl (C=O) groups is 1. The van der Waals surface area contributed by atoms with E-state index in [4.69, 9.17) is 4.74 Å². The van der Waals surface area contributed by atoms with Gasteiger partial charge in [0, 0.05) is 22.1 Å². The lowest BCUT2D eigenvalue weighted by molar-refractivity contribution is -0.111. The van der Waals surface area contributed by atoms with Gasteiger partial charge in [-0.25, -0.2) is 9.37 Å². The average Bonchev–Trinajstić information content (AvgIpc) is 3.15. The fraction of sp³-hybridized carbons (Fsp3) is 0.130. The highest BCUT2D eigenvalue weighted by atomic mass is 19.1. The highest BCUT2D eigenvalue weighted by Crippen LogP contribution is 2.45. The van der Waals surface area contributed by atoms with Crippen LogP contribution in [-0.2, 0) is 9.53 Å². The third-order valence-electron chi connectivity index (χ3n) is 5.23. The Morgan fingerprint density at radius 2 is 1.83 bits per heavy atom. The molecule has 0 aliphatic carbocycles. The van der Waals surface area contributed by atoms with Crippen molar-refractivity contribution in [3.8, 4) is 0 Å². The van der Waals surface area contributed by atoms with Gasteiger partial charge in [-0.3, -0.25) is 4.79 Å². The van der Waals surface area contributed by atoms with Crippen LogP contribution < -0.4 is 5.32 Å². The van der Waals surface area contributed by atoms with Crippen LogP contribution in [0.3, 0.4) is 0 Å². The fourth-order valence-electron chi connectivity index (χ4n) is 3.86. The predicted octanol–water partition coefficient (Wildman–Crippen LogP) is 5.07. The number of nitrogens with zero attached hydrogens (tertiary/aromatic N) is 1. The van der Waals surface area contributed by atoms with Crippen LogP contribution in [0.2, 0.25) is 0 Å². The number of fused-ring (bicyclic) bond motifs is 2. The topological polar surface area (TPSA) is 51.2 Å². The molecule has 3 aromatic rings. The number of carbonyl (C=O) groups excluding carboxylic acids is 1. The minimum absolute atomic E-state index is 0.303. The average molecular weight is 390 g/mol. The Morgan fingerprint density at radius 3 is 2.66 bits per heavy atom. The molecule has 0 bridgehead atoms. The van der Waals surface area contributed by atoms with Gasteiger partial charge in [0.15, 0.2) is 0 Å². The van der Waals surface area contributed by atoms with Crippen molar-refractivity contribution in [1.29, 1.82) is 0 Å². The summed E-state index contributed by atoms with van der Waals surface area (Å²) in [6, 6.07) is 13.1. The second-order valence-electron chi connectivity index (χ2n) is 7.57. The lowest BCUT2D eigenvalue weighted by Gasteiger charge is -2.23. The molecule has 4 nitrogen and oxygen atoms in total. The monoisotopic (exact) mass is 390 g/mol. The molecule has 6 heteroatoms. The molecule has 1 N–H and O–H groups in total. The summed E-state index contributed by atoms with van der Waals surface area (Å²) in [5.74, 6) is -1.11. The summed E-state index contributed by atoms with van der Waals surface area (Å²) in [6.07, 6.45) is 1.67. The van der Waals surface area contributed by atoms with E-state index in [0.717, 1.165) is 5.39 Å². The number of hydrogen-bond acceptors (Lipinski definition) is 3. The summed E-state index contributed by atoms with van der Waals surface area (Å²) in [7, 11) is 0. The second-order valence-corrected chi connectivity index (χ2v) is 7.57. The molecular formula is C23H16F2N2O2. The van der Waals surface area contributed by atoms with E-state index in [1.165, 1.54) is 18.2 Å². The lowest BCUT2D eigenvalue weighted by Crippen LogP contribution is -2.22. The van der Waals surface area contributed by atoms with Crippen LogP contribution in [0.5, 0.6) is 0 Å². The number of hydrogen-bond donors (Lipinski definition) is 1. The standard InChI is InChI=1S/C23H16F2N2O2/c1-23(2)16(15-9-12-5-3-4-6-17(12)26-21(15)25)11-19(29-23)20-14-8-7-13(24)10-18(14)27-22(20)28/h3-11H,1-2H3,(H,27,28). The van der Waals surface area contributed by atoms with Gasteiger partial charge in [-0.15, -0.1) is 0 Å². The fourth-order valence-corrected chi connectivity index (χ4v) is 3.86. The molecule has 0 atom stereocenters. The molecule has 0 fully saturated rings. The number of anilines is 1. The van der Waals surface area contributed by atoms with Gasteiger partial charge in [0.25, 0.3) is 5.91 Å². The summed E-state index contributed by atoms with van der Waals surface area (Å²) < 4.78 is 34.4. The van der Waals surface area contributed by atoms with E-state index in [9.17, 15) is 13.6 Å². The second kappa shape index (κ2) is 5.98. The smallest absolute Gasteiger partial charge is 0.260 e. The van der Waals surface area contributed by atoms with Crippen LogP contribution in [0.1, 0.15) is 25.0 Å². The van der Waals surface area contributed by atoms with Crippen LogP contribution in [0.15, 0.2) is 60.4 Å². The molecule has 5 rings (SSSR count). The van der Waals surface area contributed by atoms with Crippen LogP contribution in [-0.4, -0.2) is 16.5 Å². The molecule has 0 radical (unpaired) electrons. The number of allylic oxidation sites excluding steroid dienone is 1. The van der Waals surface area contributed by atoms with Crippen molar-refractivity contribution in [3.05, 3.63) is 83.3 Å². The van der Waals surface area contributed by atoms with Gasteiger partial charge in [-0.1, -0.05) is 18.2 Å². The van der Waals surface area contributed by atoms with Crippen molar-refractivity contribution >= 4 is 33.6 Å². The zero-order valence-corrected chi connectivity index (χ0v) is 15.7. The molecule has 0 saturated heterocycles. The first-order valence-electron chi connectivity index (χ1n) is 9.16. The molecule has 0 saturated carbocycles. The number of rotatable bonds is 1. The van der Waals surface area contributed by atoms with E-state index in [2.05, 4.69) is 10.3 Å². The normalized spacial score (nSPS) is 19.7. The number of nitrogens with one attached hydrogen (secondary N) is 1. The number of benzene rings is 2. The Balaban J connectivity index is 1.70. The number of halogens is 2. The Labute approximate surface area is 165 Å². The van der Waals surface area contributed by atoms with E-state index in [1.807, 2.05) is 12.1 Å². The Kier molecular flexibility index (Phi) is 3.62. The number of para-hydroxylation sites is 1. The molecule has 0 spiro atoms. The third-order valence-corrected chi connectivity index (χ3v) is 5.23. The van der Waals surface area contributed by atoms with E-state index < -0.39 is 17.4 Å². The molecule has 144 valence electrons. The predicted molar refractivity (Wildman–Crippen MR) is 107 cm³/mol. The van der Waals surface area contributed by atoms with E-state index >= 15 is 0 Å². The molecule has 1 aromatic heterocycles. The SMILES string of the molecule is CC1(C)OC(=C2C(=O)Nc3cc(F)ccc32)C=C1c1cc2ccccc2nc1F. The maximum atomic E-state index is 14.8. The molecule has 2 aromatic carbocycles. The lowest BCUT2D eigenvalue weighted by atomic mass is 9.92. The van der Waals surface area contributed by atoms with Crippen molar-refractivity contribution in [2.24, 2.45) is 0 Å². The largest absolute Gasteiger partial charge is 0.482 e. The minimum Gasteiger partial charge on any atom is -0.482 e. The Hall–Kier alpha value is -3.54. The van der Waals surface area contributed by atoms with Crippen molar-refractivity contribution in [2.75, 3.05) is 5.32 Å². The van der Waals surface area contributed by atoms with Crippen LogP contribution in [0.4, 0.5) is 14.5 Å². The van der Waals surface area contributed by atoms with E-state index in [-0.39, 0.29) is 5.91 Å². The molecule has 29 heavy (non-hydrogen) atoms. The maximum absolute atomic E-state index is 14.8. The molecular weight excluding hydrogens is 374 g/mol. The Morgan fingerprint density at radius 1 is 1.03 bits per heavy atom. The molecule has 1 amide bonds. The molecule has 2 aliphatic rings. The number of amides is 1. The van der Waals surface area contributed by atoms with Crippen molar-refractivity contribution in [1.82, 2.24) is 4.98 Å². The zero-order valence-electron chi connectivity index (χ0n) is 15.7. The highest BCUT2D eigenvalue weighted by molar-refractivity contribution is 6.32. The third kappa shape index (κ3) is 2.71. The quantitative estimate of drug-likeness (QED) is 0.466. The van der Waals surface area contributed by atoms with Gasteiger partial charge in [0.2, 0.25) is 5.95 Å². The highest BCUT2D eigenvalue weighted by Gasteiger charge is 2.39. The first-order valence-corrected chi connectivity index (χ1v) is 9.16. The van der Waals surface area contributed by atoms with Crippen LogP contribution in [0.25, 0.3) is 22.0 Å². The number of pyridine rings is 1. The van der Waals surface area contributed by atoms with Gasteiger partial charge in [0.05, 0.1) is 16.8 Å². The number of aromatic nitrogens is 1. The Bertz CT molecular complexity index is 1280. The summed E-state index contributed by atoms with van der Waals surface area (Å²) >= 11 is 0. The molecule has 3 heterocycles. The van der Waals surface area contributed by atoms with Crippen molar-refractivity contribution in [3.63, 3.8) is 0 Å². The van der Waals surface area contributed by atoms with E-state index in [1.54, 1.807) is 38.1 Å². The molecule has 0 unspecified atom stereocenters.